The van der Waals surface area contributed by atoms with Crippen molar-refractivity contribution in [3.63, 3.8) is 0 Å². The van der Waals surface area contributed by atoms with E-state index in [0.29, 0.717) is 16.1 Å². The second-order valence-electron chi connectivity index (χ2n) is 4.89. The molecule has 1 aromatic heterocycles. The zero-order valence-corrected chi connectivity index (χ0v) is 12.4. The van der Waals surface area contributed by atoms with Gasteiger partial charge >= 0.3 is 0 Å². The number of nitro groups is 1. The lowest BCUT2D eigenvalue weighted by Gasteiger charge is -2.15. The fourth-order valence-electron chi connectivity index (χ4n) is 2.02. The number of rotatable bonds is 4. The number of nitrogens with zero attached hydrogens (tertiary/aromatic N) is 2. The molecule has 5 heteroatoms. The monoisotopic (exact) mass is 322 g/mol. The van der Waals surface area contributed by atoms with Crippen LogP contribution in [0.2, 0.25) is 0 Å². The van der Waals surface area contributed by atoms with Gasteiger partial charge in [-0.05, 0) is 29.4 Å². The third kappa shape index (κ3) is 2.92. The molecule has 0 aliphatic rings. The molecule has 2 aromatic rings. The fourth-order valence-corrected chi connectivity index (χ4v) is 2.37. The molecule has 1 aromatic carbocycles. The van der Waals surface area contributed by atoms with Crippen molar-refractivity contribution >= 4 is 32.4 Å². The molecule has 0 spiro atoms. The van der Waals surface area contributed by atoms with Gasteiger partial charge in [0.05, 0.1) is 10.3 Å². The summed E-state index contributed by atoms with van der Waals surface area (Å²) in [6, 6.07) is 5.26. The quantitative estimate of drug-likeness (QED) is 0.483. The first-order valence-electron chi connectivity index (χ1n) is 6.14. The first-order chi connectivity index (χ1) is 9.00. The molecule has 1 atom stereocenters. The normalized spacial score (nSPS) is 12.8. The molecule has 0 radical (unpaired) electrons. The van der Waals surface area contributed by atoms with E-state index in [2.05, 4.69) is 34.8 Å². The number of fused-ring (bicyclic) bond motifs is 1. The minimum Gasteiger partial charge on any atom is -0.264 e. The van der Waals surface area contributed by atoms with Crippen molar-refractivity contribution in [1.82, 2.24) is 4.98 Å². The topological polar surface area (TPSA) is 56.0 Å². The molecule has 1 heterocycles. The summed E-state index contributed by atoms with van der Waals surface area (Å²) >= 11 is 3.66. The van der Waals surface area contributed by atoms with Gasteiger partial charge in [-0.1, -0.05) is 35.8 Å². The Balaban J connectivity index is 2.53. The third-order valence-corrected chi connectivity index (χ3v) is 4.60. The Morgan fingerprint density at radius 3 is 2.68 bits per heavy atom. The van der Waals surface area contributed by atoms with Crippen LogP contribution in [0.5, 0.6) is 0 Å². The van der Waals surface area contributed by atoms with Crippen LogP contribution in [0.25, 0.3) is 10.8 Å². The molecule has 0 N–H and O–H groups in total. The molecule has 1 unspecified atom stereocenters. The van der Waals surface area contributed by atoms with E-state index in [4.69, 9.17) is 0 Å². The molecule has 100 valence electrons. The number of non-ortho nitro benzene ring substituents is 1. The second kappa shape index (κ2) is 5.65. The van der Waals surface area contributed by atoms with Crippen molar-refractivity contribution in [2.45, 2.75) is 25.1 Å². The van der Waals surface area contributed by atoms with Crippen LogP contribution in [0.1, 0.15) is 19.4 Å². The smallest absolute Gasteiger partial charge is 0.264 e. The third-order valence-electron chi connectivity index (χ3n) is 3.22. The van der Waals surface area contributed by atoms with Crippen molar-refractivity contribution in [2.24, 2.45) is 5.92 Å². The summed E-state index contributed by atoms with van der Waals surface area (Å²) in [5.41, 5.74) is 1.22. The lowest BCUT2D eigenvalue weighted by molar-refractivity contribution is -0.383. The number of nitro benzene ring substituents is 1. The average Bonchev–Trinajstić information content (AvgIpc) is 2.38. The van der Waals surface area contributed by atoms with E-state index in [0.717, 1.165) is 17.4 Å². The van der Waals surface area contributed by atoms with Gasteiger partial charge in [-0.3, -0.25) is 15.1 Å². The summed E-state index contributed by atoms with van der Waals surface area (Å²) in [5, 5.41) is 12.5. The second-order valence-corrected chi connectivity index (χ2v) is 6.06. The van der Waals surface area contributed by atoms with Gasteiger partial charge in [0.2, 0.25) is 0 Å². The van der Waals surface area contributed by atoms with E-state index >= 15 is 0 Å². The summed E-state index contributed by atoms with van der Waals surface area (Å²) in [7, 11) is 0. The maximum absolute atomic E-state index is 11.0. The Morgan fingerprint density at radius 1 is 1.32 bits per heavy atom. The number of hydrogen-bond donors (Lipinski definition) is 0. The lowest BCUT2D eigenvalue weighted by Crippen LogP contribution is -2.10. The van der Waals surface area contributed by atoms with Crippen molar-refractivity contribution in [2.75, 3.05) is 0 Å². The highest BCUT2D eigenvalue weighted by Gasteiger charge is 2.17. The number of benzene rings is 1. The van der Waals surface area contributed by atoms with Crippen LogP contribution in [0.4, 0.5) is 5.69 Å². The predicted molar refractivity (Wildman–Crippen MR) is 79.7 cm³/mol. The number of pyridine rings is 1. The number of halogens is 1. The Hall–Kier alpha value is -1.49. The molecule has 4 nitrogen and oxygen atoms in total. The van der Waals surface area contributed by atoms with Crippen LogP contribution in [0.3, 0.4) is 0 Å². The number of hydrogen-bond acceptors (Lipinski definition) is 3. The molecule has 0 saturated heterocycles. The Kier molecular flexibility index (Phi) is 4.14. The van der Waals surface area contributed by atoms with Crippen molar-refractivity contribution < 1.29 is 4.92 Å². The van der Waals surface area contributed by atoms with Gasteiger partial charge in [-0.2, -0.15) is 0 Å². The standard InChI is InChI=1S/C14H15BrN2O2/c1-9(2)13(15)7-10-3-4-14(17(18)19)12-8-16-6-5-11(10)12/h3-6,8-9,13H,7H2,1-2H3. The van der Waals surface area contributed by atoms with E-state index in [1.54, 1.807) is 18.5 Å². The van der Waals surface area contributed by atoms with Gasteiger partial charge < -0.3 is 0 Å². The average molecular weight is 323 g/mol. The van der Waals surface area contributed by atoms with Gasteiger partial charge in [0.25, 0.3) is 5.69 Å². The zero-order chi connectivity index (χ0) is 14.0. The van der Waals surface area contributed by atoms with Crippen LogP contribution in [0, 0.1) is 16.0 Å². The maximum atomic E-state index is 11.0. The fraction of sp³-hybridized carbons (Fsp3) is 0.357. The summed E-state index contributed by atoms with van der Waals surface area (Å²) in [6.07, 6.45) is 4.08. The van der Waals surface area contributed by atoms with Gasteiger partial charge in [0.15, 0.2) is 0 Å². The Bertz CT molecular complexity index is 613. The molecule has 19 heavy (non-hydrogen) atoms. The van der Waals surface area contributed by atoms with Crippen molar-refractivity contribution in [3.05, 3.63) is 46.3 Å². The predicted octanol–water partition coefficient (Wildman–Crippen LogP) is 4.11. The van der Waals surface area contributed by atoms with Gasteiger partial charge in [-0.15, -0.1) is 0 Å². The summed E-state index contributed by atoms with van der Waals surface area (Å²) in [5.74, 6) is 0.507. The molecule has 0 amide bonds. The van der Waals surface area contributed by atoms with Crippen LogP contribution in [0.15, 0.2) is 30.6 Å². The van der Waals surface area contributed by atoms with Crippen LogP contribution >= 0.6 is 15.9 Å². The lowest BCUT2D eigenvalue weighted by atomic mass is 9.97. The molecular weight excluding hydrogens is 308 g/mol. The largest absolute Gasteiger partial charge is 0.278 e. The van der Waals surface area contributed by atoms with E-state index in [9.17, 15) is 10.1 Å². The zero-order valence-electron chi connectivity index (χ0n) is 10.8. The Labute approximate surface area is 120 Å². The SMILES string of the molecule is CC(C)C(Br)Cc1ccc([N+](=O)[O-])c2cnccc12. The van der Waals surface area contributed by atoms with E-state index in [1.165, 1.54) is 0 Å². The molecule has 0 aliphatic heterocycles. The maximum Gasteiger partial charge on any atom is 0.278 e. The first-order valence-corrected chi connectivity index (χ1v) is 7.06. The van der Waals surface area contributed by atoms with E-state index in [1.807, 2.05) is 12.1 Å². The van der Waals surface area contributed by atoms with Crippen LogP contribution in [-0.4, -0.2) is 14.7 Å². The summed E-state index contributed by atoms with van der Waals surface area (Å²) < 4.78 is 0. The summed E-state index contributed by atoms with van der Waals surface area (Å²) in [6.45, 7) is 4.29. The van der Waals surface area contributed by atoms with Gasteiger partial charge in [0, 0.05) is 23.3 Å². The van der Waals surface area contributed by atoms with Crippen molar-refractivity contribution in [3.8, 4) is 0 Å². The van der Waals surface area contributed by atoms with Crippen LogP contribution in [-0.2, 0) is 6.42 Å². The summed E-state index contributed by atoms with van der Waals surface area (Å²) in [4.78, 5) is 15.0. The highest BCUT2D eigenvalue weighted by Crippen LogP contribution is 2.30. The van der Waals surface area contributed by atoms with Gasteiger partial charge in [0.1, 0.15) is 0 Å². The van der Waals surface area contributed by atoms with Gasteiger partial charge in [-0.25, -0.2) is 0 Å². The molecule has 0 aliphatic carbocycles. The van der Waals surface area contributed by atoms with Crippen molar-refractivity contribution in [1.29, 1.82) is 0 Å². The van der Waals surface area contributed by atoms with Crippen LogP contribution < -0.4 is 0 Å². The molecule has 2 rings (SSSR count). The minimum atomic E-state index is -0.359. The van der Waals surface area contributed by atoms with E-state index in [-0.39, 0.29) is 10.6 Å². The molecule has 0 fully saturated rings. The first kappa shape index (κ1) is 13.9. The molecule has 0 saturated carbocycles. The molecular formula is C14H15BrN2O2. The highest BCUT2D eigenvalue weighted by molar-refractivity contribution is 9.09. The minimum absolute atomic E-state index is 0.113. The molecule has 0 bridgehead atoms. The Morgan fingerprint density at radius 2 is 2.05 bits per heavy atom. The highest BCUT2D eigenvalue weighted by atomic mass is 79.9. The number of alkyl halides is 1. The number of aromatic nitrogens is 1. The van der Waals surface area contributed by atoms with E-state index < -0.39 is 0 Å².